The molecule has 2 aromatic rings. The van der Waals surface area contributed by atoms with Crippen LogP contribution in [0.15, 0.2) is 24.3 Å². The molecule has 32 heavy (non-hydrogen) atoms. The Morgan fingerprint density at radius 1 is 1.09 bits per heavy atom. The molecule has 0 fully saturated rings. The minimum atomic E-state index is -5.36. The number of carbonyl (C=O) groups is 3. The summed E-state index contributed by atoms with van der Waals surface area (Å²) in [4.78, 5) is 38.0. The van der Waals surface area contributed by atoms with Crippen LogP contribution in [-0.2, 0) is 20.7 Å². The van der Waals surface area contributed by atoms with E-state index in [4.69, 9.17) is 16.3 Å². The van der Waals surface area contributed by atoms with Crippen molar-refractivity contribution in [2.45, 2.75) is 32.1 Å². The van der Waals surface area contributed by atoms with E-state index in [1.54, 1.807) is 19.2 Å². The lowest BCUT2D eigenvalue weighted by molar-refractivity contribution is -0.203. The first kappa shape index (κ1) is 25.5. The molecule has 174 valence electrons. The van der Waals surface area contributed by atoms with E-state index < -0.39 is 29.7 Å². The Hall–Kier alpha value is -2.79. The highest BCUT2D eigenvalue weighted by Gasteiger charge is 2.64. The molecule has 2 N–H and O–H groups in total. The van der Waals surface area contributed by atoms with E-state index >= 15 is 0 Å². The van der Waals surface area contributed by atoms with E-state index in [0.29, 0.717) is 16.9 Å². The first-order chi connectivity index (χ1) is 14.9. The quantitative estimate of drug-likeness (QED) is 0.441. The van der Waals surface area contributed by atoms with Crippen molar-refractivity contribution in [3.63, 3.8) is 0 Å². The van der Waals surface area contributed by atoms with Crippen LogP contribution in [0, 0.1) is 6.92 Å². The third-order valence-electron chi connectivity index (χ3n) is 4.58. The first-order valence-corrected chi connectivity index (χ1v) is 10.3. The highest BCUT2D eigenvalue weighted by molar-refractivity contribution is 7.16. The Morgan fingerprint density at radius 3 is 2.16 bits per heavy atom. The van der Waals surface area contributed by atoms with Crippen molar-refractivity contribution in [3.8, 4) is 0 Å². The lowest BCUT2D eigenvalue weighted by atomic mass is 10.1. The van der Waals surface area contributed by atoms with Gasteiger partial charge in [0.2, 0.25) is 0 Å². The summed E-state index contributed by atoms with van der Waals surface area (Å²) in [6.07, 6.45) is -5.04. The number of hydrogen-bond donors (Lipinski definition) is 2. The second kappa shape index (κ2) is 9.78. The maximum Gasteiger partial charge on any atom is 0.441 e. The molecule has 1 heterocycles. The molecule has 0 aliphatic heterocycles. The molecule has 7 nitrogen and oxygen atoms in total. The van der Waals surface area contributed by atoms with Crippen LogP contribution >= 0.6 is 22.9 Å². The number of anilines is 1. The van der Waals surface area contributed by atoms with Crippen molar-refractivity contribution in [1.29, 1.82) is 0 Å². The molecule has 1 atom stereocenters. The molecule has 0 radical (unpaired) electrons. The number of ether oxygens (including phenoxy) is 2. The predicted molar refractivity (Wildman–Crippen MR) is 113 cm³/mol. The fourth-order valence-corrected chi connectivity index (χ4v) is 4.28. The SMILES string of the molecule is CCc1c(C)sc(N[C@](NC(=O)c2ccc(Cl)cc2)(C(=O)OC)C(F)(F)F)c1C(=O)OC. The molecule has 0 saturated heterocycles. The molecule has 0 unspecified atom stereocenters. The fraction of sp³-hybridized carbons (Fsp3) is 0.350. The zero-order valence-electron chi connectivity index (χ0n) is 17.5. The summed E-state index contributed by atoms with van der Waals surface area (Å²) in [6.45, 7) is 3.33. The lowest BCUT2D eigenvalue weighted by Crippen LogP contribution is -2.69. The average molecular weight is 493 g/mol. The Morgan fingerprint density at radius 2 is 1.69 bits per heavy atom. The van der Waals surface area contributed by atoms with Gasteiger partial charge < -0.3 is 20.1 Å². The van der Waals surface area contributed by atoms with Crippen molar-refractivity contribution < 1.29 is 37.0 Å². The van der Waals surface area contributed by atoms with Crippen LogP contribution in [0.25, 0.3) is 0 Å². The topological polar surface area (TPSA) is 93.7 Å². The summed E-state index contributed by atoms with van der Waals surface area (Å²) >= 11 is 6.57. The molecule has 0 bridgehead atoms. The molecule has 0 spiro atoms. The largest absolute Gasteiger partial charge is 0.466 e. The lowest BCUT2D eigenvalue weighted by Gasteiger charge is -2.34. The number of esters is 2. The van der Waals surface area contributed by atoms with Crippen molar-refractivity contribution in [2.75, 3.05) is 19.5 Å². The molecule has 1 aromatic carbocycles. The van der Waals surface area contributed by atoms with Crippen LogP contribution in [0.4, 0.5) is 18.2 Å². The maximum absolute atomic E-state index is 14.3. The monoisotopic (exact) mass is 492 g/mol. The molecule has 1 amide bonds. The van der Waals surface area contributed by atoms with Crippen molar-refractivity contribution in [1.82, 2.24) is 5.32 Å². The number of benzene rings is 1. The first-order valence-electron chi connectivity index (χ1n) is 9.13. The Labute approximate surface area is 190 Å². The summed E-state index contributed by atoms with van der Waals surface area (Å²) in [5.41, 5.74) is -3.58. The van der Waals surface area contributed by atoms with Crippen molar-refractivity contribution >= 4 is 45.8 Å². The molecular weight excluding hydrogens is 473 g/mol. The van der Waals surface area contributed by atoms with Crippen LogP contribution < -0.4 is 10.6 Å². The molecule has 12 heteroatoms. The fourth-order valence-electron chi connectivity index (χ4n) is 2.97. The highest BCUT2D eigenvalue weighted by atomic mass is 35.5. The standard InChI is InChI=1S/C20H20ClF3N2O5S/c1-5-13-10(2)32-16(14(13)17(28)30-3)26-19(18(29)31-4,20(22,23)24)25-15(27)11-6-8-12(21)9-7-11/h6-9,26H,5H2,1-4H3,(H,25,27)/t19-/m1/s1. The van der Waals surface area contributed by atoms with Gasteiger partial charge in [-0.15, -0.1) is 11.3 Å². The third kappa shape index (κ3) is 4.83. The molecular formula is C20H20ClF3N2O5S. The van der Waals surface area contributed by atoms with Gasteiger partial charge in [-0.2, -0.15) is 13.2 Å². The molecule has 2 rings (SSSR count). The van der Waals surface area contributed by atoms with E-state index in [-0.39, 0.29) is 21.2 Å². The summed E-state index contributed by atoms with van der Waals surface area (Å²) in [5, 5.41) is 3.69. The smallest absolute Gasteiger partial charge is 0.441 e. The van der Waals surface area contributed by atoms with E-state index in [1.165, 1.54) is 24.3 Å². The summed E-state index contributed by atoms with van der Waals surface area (Å²) in [7, 11) is 1.83. The number of amides is 1. The zero-order valence-corrected chi connectivity index (χ0v) is 19.1. The van der Waals surface area contributed by atoms with Gasteiger partial charge in [0.1, 0.15) is 5.00 Å². The second-order valence-electron chi connectivity index (χ2n) is 6.51. The summed E-state index contributed by atoms with van der Waals surface area (Å²) in [5.74, 6) is -3.94. The second-order valence-corrected chi connectivity index (χ2v) is 8.17. The van der Waals surface area contributed by atoms with Crippen LogP contribution in [0.2, 0.25) is 5.02 Å². The minimum absolute atomic E-state index is 0.157. The van der Waals surface area contributed by atoms with Crippen molar-refractivity contribution in [2.24, 2.45) is 0 Å². The molecule has 0 aliphatic carbocycles. The number of nitrogens with one attached hydrogen (secondary N) is 2. The Balaban J connectivity index is 2.65. The van der Waals surface area contributed by atoms with Gasteiger partial charge in [-0.3, -0.25) is 4.79 Å². The van der Waals surface area contributed by atoms with E-state index in [2.05, 4.69) is 4.74 Å². The number of carbonyl (C=O) groups excluding carboxylic acids is 3. The normalized spacial score (nSPS) is 13.1. The van der Waals surface area contributed by atoms with Crippen molar-refractivity contribution in [3.05, 3.63) is 50.9 Å². The van der Waals surface area contributed by atoms with Gasteiger partial charge in [-0.25, -0.2) is 9.59 Å². The number of halogens is 4. The number of thiophene rings is 1. The minimum Gasteiger partial charge on any atom is -0.466 e. The van der Waals surface area contributed by atoms with Gasteiger partial charge in [0.05, 0.1) is 19.8 Å². The number of methoxy groups -OCH3 is 2. The number of rotatable bonds is 7. The van der Waals surface area contributed by atoms with E-state index in [1.807, 2.05) is 5.32 Å². The van der Waals surface area contributed by atoms with Gasteiger partial charge >= 0.3 is 23.8 Å². The molecule has 0 aliphatic rings. The predicted octanol–water partition coefficient (Wildman–Crippen LogP) is 4.33. The number of hydrogen-bond acceptors (Lipinski definition) is 7. The summed E-state index contributed by atoms with van der Waals surface area (Å²) in [6, 6.07) is 5.01. The highest BCUT2D eigenvalue weighted by Crippen LogP contribution is 2.40. The molecule has 1 aromatic heterocycles. The van der Waals surface area contributed by atoms with Gasteiger partial charge in [0, 0.05) is 15.5 Å². The van der Waals surface area contributed by atoms with Gasteiger partial charge in [0.25, 0.3) is 5.91 Å². The van der Waals surface area contributed by atoms with Crippen LogP contribution in [0.5, 0.6) is 0 Å². The van der Waals surface area contributed by atoms with Crippen LogP contribution in [-0.4, -0.2) is 43.9 Å². The van der Waals surface area contributed by atoms with E-state index in [0.717, 1.165) is 25.6 Å². The summed E-state index contributed by atoms with van der Waals surface area (Å²) < 4.78 is 52.1. The Kier molecular flexibility index (Phi) is 7.79. The van der Waals surface area contributed by atoms with E-state index in [9.17, 15) is 27.6 Å². The Bertz CT molecular complexity index is 1020. The number of aryl methyl sites for hydroxylation is 1. The van der Waals surface area contributed by atoms with Crippen LogP contribution in [0.1, 0.15) is 38.1 Å². The van der Waals surface area contributed by atoms with Gasteiger partial charge in [-0.1, -0.05) is 18.5 Å². The maximum atomic E-state index is 14.3. The van der Waals surface area contributed by atoms with Gasteiger partial charge in [0.15, 0.2) is 0 Å². The van der Waals surface area contributed by atoms with Crippen LogP contribution in [0.3, 0.4) is 0 Å². The average Bonchev–Trinajstić information content (AvgIpc) is 3.06. The third-order valence-corrected chi connectivity index (χ3v) is 5.89. The zero-order chi connectivity index (χ0) is 24.3. The number of alkyl halides is 3. The van der Waals surface area contributed by atoms with Gasteiger partial charge in [-0.05, 0) is 43.2 Å². The molecule has 0 saturated carbocycles.